The number of nitrogens with zero attached hydrogens (tertiary/aromatic N) is 2. The van der Waals surface area contributed by atoms with E-state index in [1.807, 2.05) is 0 Å². The third-order valence-electron chi connectivity index (χ3n) is 3.88. The smallest absolute Gasteiger partial charge is 0.292 e. The number of para-hydroxylation sites is 2. The van der Waals surface area contributed by atoms with Crippen LogP contribution in [0.3, 0.4) is 0 Å². The number of aliphatic hydroxyl groups is 1. The van der Waals surface area contributed by atoms with Crippen molar-refractivity contribution in [2.45, 2.75) is 25.0 Å². The van der Waals surface area contributed by atoms with Crippen LogP contribution in [0, 0.1) is 10.1 Å². The van der Waals surface area contributed by atoms with Crippen molar-refractivity contribution in [3.8, 4) is 0 Å². The molecule has 1 saturated heterocycles. The molecule has 22 heavy (non-hydrogen) atoms. The third kappa shape index (κ3) is 4.66. The van der Waals surface area contributed by atoms with Gasteiger partial charge in [0.15, 0.2) is 0 Å². The topological polar surface area (TPSA) is 87.9 Å². The molecule has 1 atom stereocenters. The van der Waals surface area contributed by atoms with Gasteiger partial charge in [0.1, 0.15) is 5.69 Å². The Balaban J connectivity index is 1.84. The van der Waals surface area contributed by atoms with Crippen LogP contribution in [0.2, 0.25) is 0 Å². The SMILES string of the molecule is COCC(O)CN1CCC(Nc2ccccc2[N+](=O)[O-])CC1. The lowest BCUT2D eigenvalue weighted by Gasteiger charge is -2.33. The second-order valence-electron chi connectivity index (χ2n) is 5.60. The van der Waals surface area contributed by atoms with Gasteiger partial charge < -0.3 is 20.1 Å². The minimum absolute atomic E-state index is 0.112. The molecule has 1 aliphatic rings. The molecule has 1 heterocycles. The second kappa shape index (κ2) is 8.07. The van der Waals surface area contributed by atoms with Crippen molar-refractivity contribution in [3.63, 3.8) is 0 Å². The number of nitrogens with one attached hydrogen (secondary N) is 1. The fourth-order valence-electron chi connectivity index (χ4n) is 2.78. The first kappa shape index (κ1) is 16.7. The zero-order valence-corrected chi connectivity index (χ0v) is 12.8. The fourth-order valence-corrected chi connectivity index (χ4v) is 2.78. The van der Waals surface area contributed by atoms with Crippen molar-refractivity contribution in [1.29, 1.82) is 0 Å². The summed E-state index contributed by atoms with van der Waals surface area (Å²) in [5, 5.41) is 24.0. The number of ether oxygens (including phenoxy) is 1. The molecule has 2 N–H and O–H groups in total. The number of methoxy groups -OCH3 is 1. The Morgan fingerprint density at radius 2 is 2.14 bits per heavy atom. The molecule has 2 rings (SSSR count). The summed E-state index contributed by atoms with van der Waals surface area (Å²) < 4.78 is 4.93. The largest absolute Gasteiger partial charge is 0.389 e. The molecule has 0 saturated carbocycles. The van der Waals surface area contributed by atoms with Crippen LogP contribution in [-0.2, 0) is 4.74 Å². The van der Waals surface area contributed by atoms with E-state index in [2.05, 4.69) is 10.2 Å². The highest BCUT2D eigenvalue weighted by molar-refractivity contribution is 5.61. The molecule has 1 aromatic rings. The molecule has 0 spiro atoms. The fraction of sp³-hybridized carbons (Fsp3) is 0.600. The van der Waals surface area contributed by atoms with E-state index < -0.39 is 6.10 Å². The molecule has 7 heteroatoms. The molecule has 1 unspecified atom stereocenters. The predicted octanol–water partition coefficient (Wildman–Crippen LogP) is 1.48. The number of hydrogen-bond acceptors (Lipinski definition) is 6. The van der Waals surface area contributed by atoms with Crippen molar-refractivity contribution < 1.29 is 14.8 Å². The van der Waals surface area contributed by atoms with Gasteiger partial charge in [0.2, 0.25) is 0 Å². The van der Waals surface area contributed by atoms with Crippen LogP contribution < -0.4 is 5.32 Å². The monoisotopic (exact) mass is 309 g/mol. The molecular weight excluding hydrogens is 286 g/mol. The van der Waals surface area contributed by atoms with Crippen LogP contribution in [-0.4, -0.2) is 60.4 Å². The number of benzene rings is 1. The van der Waals surface area contributed by atoms with E-state index in [0.717, 1.165) is 25.9 Å². The first-order valence-corrected chi connectivity index (χ1v) is 7.49. The summed E-state index contributed by atoms with van der Waals surface area (Å²) in [5.41, 5.74) is 0.686. The number of rotatable bonds is 7. The van der Waals surface area contributed by atoms with E-state index in [4.69, 9.17) is 4.74 Å². The molecule has 0 aliphatic carbocycles. The summed E-state index contributed by atoms with van der Waals surface area (Å²) in [4.78, 5) is 12.8. The molecule has 0 bridgehead atoms. The van der Waals surface area contributed by atoms with Gasteiger partial charge in [-0.25, -0.2) is 0 Å². The van der Waals surface area contributed by atoms with E-state index >= 15 is 0 Å². The average Bonchev–Trinajstić information content (AvgIpc) is 2.50. The molecule has 1 aliphatic heterocycles. The minimum Gasteiger partial charge on any atom is -0.389 e. The molecule has 122 valence electrons. The highest BCUT2D eigenvalue weighted by Gasteiger charge is 2.23. The average molecular weight is 309 g/mol. The minimum atomic E-state index is -0.468. The van der Waals surface area contributed by atoms with Gasteiger partial charge in [-0.1, -0.05) is 12.1 Å². The number of aliphatic hydroxyl groups excluding tert-OH is 1. The second-order valence-corrected chi connectivity index (χ2v) is 5.60. The first-order valence-electron chi connectivity index (χ1n) is 7.49. The molecule has 1 aromatic carbocycles. The van der Waals surface area contributed by atoms with Gasteiger partial charge in [-0.15, -0.1) is 0 Å². The number of nitro benzene ring substituents is 1. The lowest BCUT2D eigenvalue weighted by atomic mass is 10.0. The predicted molar refractivity (Wildman–Crippen MR) is 84.1 cm³/mol. The Labute approximate surface area is 130 Å². The summed E-state index contributed by atoms with van der Waals surface area (Å²) in [6.45, 7) is 2.67. The van der Waals surface area contributed by atoms with Gasteiger partial charge in [-0.05, 0) is 18.9 Å². The van der Waals surface area contributed by atoms with E-state index in [1.165, 1.54) is 6.07 Å². The van der Waals surface area contributed by atoms with Gasteiger partial charge in [-0.3, -0.25) is 10.1 Å². The normalized spacial score (nSPS) is 18.1. The van der Waals surface area contributed by atoms with Crippen LogP contribution in [0.25, 0.3) is 0 Å². The molecule has 7 nitrogen and oxygen atoms in total. The Hall–Kier alpha value is -1.70. The number of piperidine rings is 1. The van der Waals surface area contributed by atoms with E-state index in [-0.39, 0.29) is 16.7 Å². The van der Waals surface area contributed by atoms with Crippen LogP contribution in [0.15, 0.2) is 24.3 Å². The van der Waals surface area contributed by atoms with E-state index in [9.17, 15) is 15.2 Å². The van der Waals surface area contributed by atoms with E-state index in [0.29, 0.717) is 18.8 Å². The van der Waals surface area contributed by atoms with Crippen molar-refractivity contribution in [2.24, 2.45) is 0 Å². The van der Waals surface area contributed by atoms with Gasteiger partial charge in [0.25, 0.3) is 5.69 Å². The summed E-state index contributed by atoms with van der Waals surface area (Å²) in [7, 11) is 1.58. The van der Waals surface area contributed by atoms with Crippen LogP contribution in [0.1, 0.15) is 12.8 Å². The first-order chi connectivity index (χ1) is 10.6. The summed E-state index contributed by atoms with van der Waals surface area (Å²) in [6, 6.07) is 6.94. The van der Waals surface area contributed by atoms with Crippen LogP contribution >= 0.6 is 0 Å². The van der Waals surface area contributed by atoms with Crippen molar-refractivity contribution in [3.05, 3.63) is 34.4 Å². The van der Waals surface area contributed by atoms with E-state index in [1.54, 1.807) is 25.3 Å². The lowest BCUT2D eigenvalue weighted by molar-refractivity contribution is -0.384. The Kier molecular flexibility index (Phi) is 6.11. The molecule has 1 fully saturated rings. The highest BCUT2D eigenvalue weighted by Crippen LogP contribution is 2.26. The Bertz CT molecular complexity index is 489. The third-order valence-corrected chi connectivity index (χ3v) is 3.88. The number of β-amino-alcohol motifs (C(OH)–C–C–N with tert-alkyl or cyclic N) is 1. The van der Waals surface area contributed by atoms with Crippen LogP contribution in [0.4, 0.5) is 11.4 Å². The Morgan fingerprint density at radius 1 is 1.45 bits per heavy atom. The number of anilines is 1. The lowest BCUT2D eigenvalue weighted by Crippen LogP contribution is -2.43. The van der Waals surface area contributed by atoms with Crippen molar-refractivity contribution in [2.75, 3.05) is 38.7 Å². The highest BCUT2D eigenvalue weighted by atomic mass is 16.6. The van der Waals surface area contributed by atoms with Gasteiger partial charge >= 0.3 is 0 Å². The molecular formula is C15H23N3O4. The van der Waals surface area contributed by atoms with Crippen molar-refractivity contribution in [1.82, 2.24) is 4.90 Å². The quantitative estimate of drug-likeness (QED) is 0.586. The maximum atomic E-state index is 11.0. The number of hydrogen-bond donors (Lipinski definition) is 2. The summed E-state index contributed by atoms with van der Waals surface area (Å²) in [6.07, 6.45) is 1.32. The standard InChI is InChI=1S/C15H23N3O4/c1-22-11-13(19)10-17-8-6-12(7-9-17)16-14-4-2-3-5-15(14)18(20)21/h2-5,12-13,16,19H,6-11H2,1H3. The van der Waals surface area contributed by atoms with Gasteiger partial charge in [0.05, 0.1) is 17.6 Å². The maximum absolute atomic E-state index is 11.0. The zero-order chi connectivity index (χ0) is 15.9. The number of nitro groups is 1. The zero-order valence-electron chi connectivity index (χ0n) is 12.8. The molecule has 0 radical (unpaired) electrons. The van der Waals surface area contributed by atoms with Crippen LogP contribution in [0.5, 0.6) is 0 Å². The maximum Gasteiger partial charge on any atom is 0.292 e. The molecule has 0 amide bonds. The summed E-state index contributed by atoms with van der Waals surface area (Å²) >= 11 is 0. The van der Waals surface area contributed by atoms with Crippen molar-refractivity contribution >= 4 is 11.4 Å². The number of likely N-dealkylation sites (tertiary alicyclic amines) is 1. The van der Waals surface area contributed by atoms with Gasteiger partial charge in [0, 0.05) is 38.9 Å². The summed E-state index contributed by atoms with van der Waals surface area (Å²) in [5.74, 6) is 0. The molecule has 0 aromatic heterocycles. The van der Waals surface area contributed by atoms with Gasteiger partial charge in [-0.2, -0.15) is 0 Å². The Morgan fingerprint density at radius 3 is 2.77 bits per heavy atom.